The van der Waals surface area contributed by atoms with E-state index in [0.717, 1.165) is 21.1 Å². The van der Waals surface area contributed by atoms with Gasteiger partial charge in [-0.05, 0) is 48.2 Å². The van der Waals surface area contributed by atoms with E-state index in [-0.39, 0.29) is 17.7 Å². The molecule has 27 heavy (non-hydrogen) atoms. The van der Waals surface area contributed by atoms with E-state index in [1.165, 1.54) is 0 Å². The van der Waals surface area contributed by atoms with E-state index in [2.05, 4.69) is 20.7 Å². The maximum Gasteiger partial charge on any atom is 0.242 e. The van der Waals surface area contributed by atoms with Crippen molar-refractivity contribution in [1.82, 2.24) is 14.2 Å². The molecular formula is C19H26BrN3O3S. The zero-order chi connectivity index (χ0) is 19.6. The fraction of sp³-hybridized carbons (Fsp3) is 0.526. The standard InChI is InChI=1S/C19H26BrN3O3S/c1-3-12-27(25,26)21-15-8-10-22(11-9-15)18(24)13-23-14(2)19(20)16-6-4-5-7-17(16)23/h4-7,15,21H,3,8-13H2,1-2H3. The van der Waals surface area contributed by atoms with Crippen LogP contribution in [0.1, 0.15) is 31.9 Å². The Labute approximate surface area is 169 Å². The number of nitrogens with zero attached hydrogens (tertiary/aromatic N) is 2. The van der Waals surface area contributed by atoms with Crippen LogP contribution in [0.3, 0.4) is 0 Å². The highest BCUT2D eigenvalue weighted by molar-refractivity contribution is 9.10. The molecule has 1 aliphatic rings. The molecule has 0 bridgehead atoms. The number of hydrogen-bond acceptors (Lipinski definition) is 3. The number of para-hydroxylation sites is 1. The van der Waals surface area contributed by atoms with Gasteiger partial charge in [0.2, 0.25) is 15.9 Å². The van der Waals surface area contributed by atoms with Gasteiger partial charge in [-0.3, -0.25) is 4.79 Å². The molecule has 1 aliphatic heterocycles. The molecule has 1 aromatic carbocycles. The van der Waals surface area contributed by atoms with Crippen LogP contribution in [0.4, 0.5) is 0 Å². The molecule has 1 fully saturated rings. The molecule has 2 heterocycles. The Balaban J connectivity index is 1.63. The minimum Gasteiger partial charge on any atom is -0.341 e. The quantitative estimate of drug-likeness (QED) is 0.727. The summed E-state index contributed by atoms with van der Waals surface area (Å²) in [7, 11) is -3.21. The fourth-order valence-electron chi connectivity index (χ4n) is 3.66. The van der Waals surface area contributed by atoms with Crippen molar-refractivity contribution in [3.8, 4) is 0 Å². The van der Waals surface area contributed by atoms with Gasteiger partial charge in [0.15, 0.2) is 0 Å². The second-order valence-electron chi connectivity index (χ2n) is 7.09. The summed E-state index contributed by atoms with van der Waals surface area (Å²) in [5, 5.41) is 1.10. The lowest BCUT2D eigenvalue weighted by molar-refractivity contribution is -0.132. The highest BCUT2D eigenvalue weighted by Gasteiger charge is 2.26. The molecule has 0 saturated carbocycles. The van der Waals surface area contributed by atoms with Crippen LogP contribution in [0.5, 0.6) is 0 Å². The Kier molecular flexibility index (Phi) is 6.28. The van der Waals surface area contributed by atoms with Crippen LogP contribution in [-0.4, -0.2) is 48.7 Å². The maximum atomic E-state index is 12.8. The molecule has 1 N–H and O–H groups in total. The van der Waals surface area contributed by atoms with Gasteiger partial charge in [0.25, 0.3) is 0 Å². The van der Waals surface area contributed by atoms with Crippen LogP contribution in [0.2, 0.25) is 0 Å². The van der Waals surface area contributed by atoms with Crippen molar-refractivity contribution >= 4 is 42.8 Å². The zero-order valence-corrected chi connectivity index (χ0v) is 18.1. The normalized spacial score (nSPS) is 16.2. The zero-order valence-electron chi connectivity index (χ0n) is 15.7. The van der Waals surface area contributed by atoms with Gasteiger partial charge in [0.1, 0.15) is 6.54 Å². The number of fused-ring (bicyclic) bond motifs is 1. The summed E-state index contributed by atoms with van der Waals surface area (Å²) in [5.41, 5.74) is 2.07. The number of piperidine rings is 1. The van der Waals surface area contributed by atoms with Crippen molar-refractivity contribution in [2.75, 3.05) is 18.8 Å². The smallest absolute Gasteiger partial charge is 0.242 e. The molecule has 0 unspecified atom stereocenters. The van der Waals surface area contributed by atoms with Gasteiger partial charge in [-0.25, -0.2) is 13.1 Å². The number of carbonyl (C=O) groups excluding carboxylic acids is 1. The first kappa shape index (κ1) is 20.4. The number of rotatable bonds is 6. The molecule has 1 saturated heterocycles. The average molecular weight is 456 g/mol. The third-order valence-corrected chi connectivity index (χ3v) is 7.75. The number of carbonyl (C=O) groups is 1. The lowest BCUT2D eigenvalue weighted by atomic mass is 10.1. The topological polar surface area (TPSA) is 71.4 Å². The van der Waals surface area contributed by atoms with Gasteiger partial charge in [0, 0.05) is 40.2 Å². The fourth-order valence-corrected chi connectivity index (χ4v) is 5.60. The van der Waals surface area contributed by atoms with Crippen LogP contribution in [0.25, 0.3) is 10.9 Å². The van der Waals surface area contributed by atoms with E-state index in [9.17, 15) is 13.2 Å². The van der Waals surface area contributed by atoms with Crippen molar-refractivity contribution in [2.24, 2.45) is 0 Å². The summed E-state index contributed by atoms with van der Waals surface area (Å²) >= 11 is 3.63. The summed E-state index contributed by atoms with van der Waals surface area (Å²) in [6.07, 6.45) is 1.92. The molecule has 0 atom stereocenters. The third kappa shape index (κ3) is 4.55. The molecule has 1 aromatic heterocycles. The second-order valence-corrected chi connectivity index (χ2v) is 9.76. The molecule has 2 aromatic rings. The van der Waals surface area contributed by atoms with E-state index < -0.39 is 10.0 Å². The van der Waals surface area contributed by atoms with Gasteiger partial charge in [-0.2, -0.15) is 0 Å². The van der Waals surface area contributed by atoms with Gasteiger partial charge in [-0.1, -0.05) is 25.1 Å². The van der Waals surface area contributed by atoms with Crippen LogP contribution < -0.4 is 4.72 Å². The Morgan fingerprint density at radius 1 is 1.26 bits per heavy atom. The van der Waals surface area contributed by atoms with Crippen LogP contribution in [-0.2, 0) is 21.4 Å². The Morgan fingerprint density at radius 3 is 2.59 bits per heavy atom. The van der Waals surface area contributed by atoms with Gasteiger partial charge in [0.05, 0.1) is 5.75 Å². The number of halogens is 1. The first-order chi connectivity index (χ1) is 12.8. The van der Waals surface area contributed by atoms with Crippen LogP contribution in [0.15, 0.2) is 28.7 Å². The van der Waals surface area contributed by atoms with Gasteiger partial charge >= 0.3 is 0 Å². The van der Waals surface area contributed by atoms with Gasteiger partial charge in [-0.15, -0.1) is 0 Å². The van der Waals surface area contributed by atoms with Crippen molar-refractivity contribution < 1.29 is 13.2 Å². The van der Waals surface area contributed by atoms with Crippen molar-refractivity contribution in [3.05, 3.63) is 34.4 Å². The molecule has 0 radical (unpaired) electrons. The largest absolute Gasteiger partial charge is 0.341 e. The summed E-state index contributed by atoms with van der Waals surface area (Å²) in [5.74, 6) is 0.224. The second kappa shape index (κ2) is 8.32. The predicted molar refractivity (Wildman–Crippen MR) is 111 cm³/mol. The van der Waals surface area contributed by atoms with Crippen molar-refractivity contribution in [2.45, 2.75) is 45.7 Å². The summed E-state index contributed by atoms with van der Waals surface area (Å²) in [6.45, 7) is 5.32. The number of hydrogen-bond donors (Lipinski definition) is 1. The van der Waals surface area contributed by atoms with E-state index >= 15 is 0 Å². The van der Waals surface area contributed by atoms with Crippen molar-refractivity contribution in [1.29, 1.82) is 0 Å². The number of nitrogens with one attached hydrogen (secondary N) is 1. The Hall–Kier alpha value is -1.38. The molecule has 8 heteroatoms. The summed E-state index contributed by atoms with van der Waals surface area (Å²) < 4.78 is 29.7. The van der Waals surface area contributed by atoms with Crippen LogP contribution >= 0.6 is 15.9 Å². The van der Waals surface area contributed by atoms with Crippen molar-refractivity contribution in [3.63, 3.8) is 0 Å². The number of likely N-dealkylation sites (tertiary alicyclic amines) is 1. The maximum absolute atomic E-state index is 12.8. The summed E-state index contributed by atoms with van der Waals surface area (Å²) in [6, 6.07) is 7.96. The van der Waals surface area contributed by atoms with Crippen LogP contribution in [0, 0.1) is 6.92 Å². The SMILES string of the molecule is CCCS(=O)(=O)NC1CCN(C(=O)Cn2c(C)c(Br)c3ccccc32)CC1. The Morgan fingerprint density at radius 2 is 1.93 bits per heavy atom. The van der Waals surface area contributed by atoms with E-state index in [1.54, 1.807) is 0 Å². The molecule has 1 amide bonds. The number of amides is 1. The number of sulfonamides is 1. The monoisotopic (exact) mass is 455 g/mol. The molecule has 0 aliphatic carbocycles. The minimum atomic E-state index is -3.21. The summed E-state index contributed by atoms with van der Waals surface area (Å²) in [4.78, 5) is 14.7. The van der Waals surface area contributed by atoms with E-state index in [4.69, 9.17) is 0 Å². The van der Waals surface area contributed by atoms with Gasteiger partial charge < -0.3 is 9.47 Å². The molecule has 148 valence electrons. The third-order valence-electron chi connectivity index (χ3n) is 5.11. The predicted octanol–water partition coefficient (Wildman–Crippen LogP) is 3.03. The molecule has 6 nitrogen and oxygen atoms in total. The average Bonchev–Trinajstić information content (AvgIpc) is 2.87. The van der Waals surface area contributed by atoms with E-state index in [1.807, 2.05) is 47.6 Å². The highest BCUT2D eigenvalue weighted by Crippen LogP contribution is 2.30. The minimum absolute atomic E-state index is 0.0706. The first-order valence-corrected chi connectivity index (χ1v) is 11.8. The Bertz CT molecular complexity index is 931. The molecule has 0 spiro atoms. The molecular weight excluding hydrogens is 430 g/mol. The number of aromatic nitrogens is 1. The lowest BCUT2D eigenvalue weighted by Crippen LogP contribution is -2.47. The first-order valence-electron chi connectivity index (χ1n) is 9.33. The lowest BCUT2D eigenvalue weighted by Gasteiger charge is -2.32. The highest BCUT2D eigenvalue weighted by atomic mass is 79.9. The molecule has 3 rings (SSSR count). The van der Waals surface area contributed by atoms with E-state index in [0.29, 0.717) is 38.9 Å². The number of benzene rings is 1.